The van der Waals surface area contributed by atoms with Crippen molar-refractivity contribution in [3.05, 3.63) is 94.5 Å². The van der Waals surface area contributed by atoms with Crippen LogP contribution in [0, 0.1) is 4.78 Å². The lowest BCUT2D eigenvalue weighted by Gasteiger charge is -2.28. The molecule has 2 unspecified atom stereocenters. The first-order valence-corrected chi connectivity index (χ1v) is 12.0. The van der Waals surface area contributed by atoms with Crippen LogP contribution in [0.15, 0.2) is 66.7 Å². The third-order valence-corrected chi connectivity index (χ3v) is 6.62. The summed E-state index contributed by atoms with van der Waals surface area (Å²) < 4.78 is 28.1. The number of benzene rings is 3. The normalized spacial score (nSPS) is 17.9. The first-order valence-electron chi connectivity index (χ1n) is 10.3. The van der Waals surface area contributed by atoms with Crippen molar-refractivity contribution >= 4 is 10.0 Å². The van der Waals surface area contributed by atoms with Crippen LogP contribution in [0.25, 0.3) is 11.1 Å². The summed E-state index contributed by atoms with van der Waals surface area (Å²) in [4.78, 5) is 0. The van der Waals surface area contributed by atoms with E-state index in [2.05, 4.69) is 30.3 Å². The van der Waals surface area contributed by atoms with E-state index in [1.807, 2.05) is 36.4 Å². The number of rotatable bonds is 6. The Labute approximate surface area is 178 Å². The topological polar surface area (TPSA) is 81.4 Å². The van der Waals surface area contributed by atoms with Gasteiger partial charge in [0.15, 0.2) is 10.0 Å². The summed E-state index contributed by atoms with van der Waals surface area (Å²) in [5.41, 5.74) is 7.68. The number of aliphatic hydroxyl groups is 1. The summed E-state index contributed by atoms with van der Waals surface area (Å²) in [6, 6.07) is 22.3. The van der Waals surface area contributed by atoms with E-state index < -0.39 is 10.0 Å². The molecule has 2 atom stereocenters. The number of hydrogen-bond acceptors (Lipinski definition) is 3. The summed E-state index contributed by atoms with van der Waals surface area (Å²) in [6.45, 7) is 0.0256. The number of aryl methyl sites for hydroxylation is 1. The minimum absolute atomic E-state index is 0.0256. The summed E-state index contributed by atoms with van der Waals surface area (Å²) >= 11 is 0. The summed E-state index contributed by atoms with van der Waals surface area (Å²) in [6.07, 6.45) is 4.10. The molecule has 3 aromatic rings. The molecule has 1 aliphatic carbocycles. The van der Waals surface area contributed by atoms with Crippen LogP contribution in [0.3, 0.4) is 0 Å². The lowest BCUT2D eigenvalue weighted by Crippen LogP contribution is -2.13. The van der Waals surface area contributed by atoms with Gasteiger partial charge in [-0.05, 0) is 70.5 Å². The van der Waals surface area contributed by atoms with Crippen molar-refractivity contribution < 1.29 is 13.9 Å². The molecular weight excluding hydrogens is 394 g/mol. The third kappa shape index (κ3) is 4.81. The van der Waals surface area contributed by atoms with Gasteiger partial charge in [0.2, 0.25) is 0 Å². The van der Waals surface area contributed by atoms with Crippen LogP contribution in [-0.4, -0.2) is 13.9 Å². The van der Waals surface area contributed by atoms with Crippen LogP contribution in [0.4, 0.5) is 0 Å². The molecule has 3 N–H and O–H groups in total. The van der Waals surface area contributed by atoms with Crippen molar-refractivity contribution in [1.29, 1.82) is 4.78 Å². The zero-order chi connectivity index (χ0) is 21.1. The van der Waals surface area contributed by atoms with Gasteiger partial charge in [0.25, 0.3) is 0 Å². The van der Waals surface area contributed by atoms with Crippen LogP contribution < -0.4 is 0 Å². The molecule has 1 aliphatic rings. The molecule has 0 saturated heterocycles. The van der Waals surface area contributed by atoms with Gasteiger partial charge in [-0.3, -0.25) is 0 Å². The highest BCUT2D eigenvalue weighted by molar-refractivity contribution is 7.86. The summed E-state index contributed by atoms with van der Waals surface area (Å²) in [7, 11) is -3.54. The lowest BCUT2D eigenvalue weighted by atomic mass is 9.77. The van der Waals surface area contributed by atoms with E-state index in [9.17, 15) is 13.9 Å². The molecular formula is C25H27NO3S. The first kappa shape index (κ1) is 20.8. The molecule has 30 heavy (non-hydrogen) atoms. The van der Waals surface area contributed by atoms with Crippen molar-refractivity contribution in [2.45, 2.75) is 44.0 Å². The largest absolute Gasteiger partial charge is 0.392 e. The van der Waals surface area contributed by atoms with E-state index in [0.717, 1.165) is 53.5 Å². The van der Waals surface area contributed by atoms with Gasteiger partial charge in [-0.25, -0.2) is 8.99 Å². The van der Waals surface area contributed by atoms with E-state index in [4.69, 9.17) is 4.78 Å². The minimum Gasteiger partial charge on any atom is -0.392 e. The van der Waals surface area contributed by atoms with Gasteiger partial charge in [0.05, 0.1) is 12.4 Å². The van der Waals surface area contributed by atoms with Crippen LogP contribution >= 0.6 is 0 Å². The second kappa shape index (κ2) is 8.72. The summed E-state index contributed by atoms with van der Waals surface area (Å²) in [5, 5.41) is 9.95. The fourth-order valence-electron chi connectivity index (χ4n) is 4.59. The van der Waals surface area contributed by atoms with Crippen molar-refractivity contribution in [2.75, 3.05) is 0 Å². The molecule has 0 fully saturated rings. The molecule has 0 bridgehead atoms. The molecule has 5 heteroatoms. The highest BCUT2D eigenvalue weighted by Gasteiger charge is 2.23. The Balaban J connectivity index is 1.68. The number of hydrogen-bond donors (Lipinski definition) is 3. The van der Waals surface area contributed by atoms with Gasteiger partial charge in [-0.2, -0.15) is 0 Å². The molecule has 0 aromatic heterocycles. The van der Waals surface area contributed by atoms with Gasteiger partial charge >= 0.3 is 0 Å². The molecule has 0 radical (unpaired) electrons. The average Bonchev–Trinajstić information content (AvgIpc) is 2.73. The fraction of sp³-hybridized carbons (Fsp3) is 0.280. The van der Waals surface area contributed by atoms with Crippen molar-refractivity contribution in [3.63, 3.8) is 0 Å². The SMILES string of the molecule is N=S(=O)(O)Cc1cccc(CC2CCCc3cc(CO)c(-c4ccccc4)cc32)c1. The van der Waals surface area contributed by atoms with E-state index in [-0.39, 0.29) is 12.4 Å². The maximum atomic E-state index is 11.5. The smallest absolute Gasteiger partial charge is 0.162 e. The molecule has 156 valence electrons. The lowest BCUT2D eigenvalue weighted by molar-refractivity contribution is 0.282. The monoisotopic (exact) mass is 421 g/mol. The van der Waals surface area contributed by atoms with Crippen LogP contribution in [0.2, 0.25) is 0 Å². The van der Waals surface area contributed by atoms with E-state index >= 15 is 0 Å². The molecule has 4 nitrogen and oxygen atoms in total. The average molecular weight is 422 g/mol. The number of nitrogens with one attached hydrogen (secondary N) is 1. The van der Waals surface area contributed by atoms with Gasteiger partial charge in [-0.1, -0.05) is 66.7 Å². The van der Waals surface area contributed by atoms with E-state index in [1.54, 1.807) is 0 Å². The Kier molecular flexibility index (Phi) is 6.04. The maximum Gasteiger partial charge on any atom is 0.162 e. The second-order valence-electron chi connectivity index (χ2n) is 8.13. The molecule has 0 heterocycles. The zero-order valence-corrected chi connectivity index (χ0v) is 17.7. The van der Waals surface area contributed by atoms with Gasteiger partial charge in [-0.15, -0.1) is 0 Å². The van der Waals surface area contributed by atoms with Crippen molar-refractivity contribution in [3.8, 4) is 11.1 Å². The molecule has 0 saturated carbocycles. The molecule has 3 aromatic carbocycles. The van der Waals surface area contributed by atoms with E-state index in [0.29, 0.717) is 5.92 Å². The quantitative estimate of drug-likeness (QED) is 0.489. The van der Waals surface area contributed by atoms with Gasteiger partial charge in [0, 0.05) is 0 Å². The molecule has 0 aliphatic heterocycles. The molecule has 0 spiro atoms. The zero-order valence-electron chi connectivity index (χ0n) is 16.9. The second-order valence-corrected chi connectivity index (χ2v) is 9.70. The highest BCUT2D eigenvalue weighted by atomic mass is 32.2. The van der Waals surface area contributed by atoms with Crippen LogP contribution in [-0.2, 0) is 35.2 Å². The Morgan fingerprint density at radius 3 is 2.50 bits per heavy atom. The predicted octanol–water partition coefficient (Wildman–Crippen LogP) is 5.53. The molecule has 0 amide bonds. The third-order valence-electron chi connectivity index (χ3n) is 5.89. The van der Waals surface area contributed by atoms with Crippen LogP contribution in [0.5, 0.6) is 0 Å². The van der Waals surface area contributed by atoms with Crippen LogP contribution in [0.1, 0.15) is 46.6 Å². The van der Waals surface area contributed by atoms with Crippen molar-refractivity contribution in [1.82, 2.24) is 0 Å². The highest BCUT2D eigenvalue weighted by Crippen LogP contribution is 2.38. The summed E-state index contributed by atoms with van der Waals surface area (Å²) in [5.74, 6) is 0.230. The predicted molar refractivity (Wildman–Crippen MR) is 121 cm³/mol. The van der Waals surface area contributed by atoms with E-state index in [1.165, 1.54) is 11.1 Å². The Bertz CT molecular complexity index is 1140. The van der Waals surface area contributed by atoms with Gasteiger partial charge < -0.3 is 9.66 Å². The number of aliphatic hydroxyl groups excluding tert-OH is 1. The first-order chi connectivity index (χ1) is 14.4. The molecule has 4 rings (SSSR count). The Hall–Kier alpha value is -2.47. The standard InChI is InChI=1S/C25H27NO3S/c26-30(28,29)17-19-7-4-6-18(12-19)13-21-10-5-11-22-14-23(16-27)24(15-25(21)22)20-8-2-1-3-9-20/h1-4,6-9,12,14-15,21,27H,5,10-11,13,16-17H2,(H2,26,28,29). The number of fused-ring (bicyclic) bond motifs is 1. The minimum atomic E-state index is -3.54. The fourth-order valence-corrected chi connectivity index (χ4v) is 5.22. The maximum absolute atomic E-state index is 11.5. The van der Waals surface area contributed by atoms with Crippen molar-refractivity contribution in [2.24, 2.45) is 0 Å². The Morgan fingerprint density at radius 2 is 1.77 bits per heavy atom. The Morgan fingerprint density at radius 1 is 1.00 bits per heavy atom. The van der Waals surface area contributed by atoms with Gasteiger partial charge in [0.1, 0.15) is 0 Å².